The molecular formula is C32H37NO7. The predicted molar refractivity (Wildman–Crippen MR) is 147 cm³/mol. The Morgan fingerprint density at radius 3 is 2.55 bits per heavy atom. The monoisotopic (exact) mass is 547 g/mol. The average molecular weight is 548 g/mol. The van der Waals surface area contributed by atoms with Gasteiger partial charge in [-0.2, -0.15) is 0 Å². The molecule has 3 fully saturated rings. The Kier molecular flexibility index (Phi) is 7.33. The van der Waals surface area contributed by atoms with E-state index in [2.05, 4.69) is 19.2 Å². The molecule has 1 aliphatic carbocycles. The van der Waals surface area contributed by atoms with Gasteiger partial charge < -0.3 is 19.5 Å². The molecule has 1 aromatic rings. The van der Waals surface area contributed by atoms with Crippen LogP contribution in [0, 0.1) is 23.7 Å². The first kappa shape index (κ1) is 28.0. The summed E-state index contributed by atoms with van der Waals surface area (Å²) in [5.74, 6) is -3.26. The molecule has 40 heavy (non-hydrogen) atoms. The van der Waals surface area contributed by atoms with Crippen LogP contribution in [-0.2, 0) is 39.8 Å². The highest BCUT2D eigenvalue weighted by atomic mass is 16.6. The molecule has 2 saturated heterocycles. The van der Waals surface area contributed by atoms with Crippen LogP contribution in [0.3, 0.4) is 0 Å². The molecule has 3 heterocycles. The lowest BCUT2D eigenvalue weighted by molar-refractivity contribution is -0.177. The molecule has 212 valence electrons. The molecule has 5 rings (SSSR count). The van der Waals surface area contributed by atoms with Gasteiger partial charge in [0, 0.05) is 25.0 Å². The molecular weight excluding hydrogens is 510 g/mol. The number of hydrogen-bond acceptors (Lipinski definition) is 7. The Labute approximate surface area is 234 Å². The quantitative estimate of drug-likeness (QED) is 0.349. The lowest BCUT2D eigenvalue weighted by atomic mass is 9.59. The number of esters is 2. The first-order chi connectivity index (χ1) is 19.0. The number of amides is 1. The average Bonchev–Trinajstić information content (AvgIpc) is 3.52. The van der Waals surface area contributed by atoms with Gasteiger partial charge >= 0.3 is 11.9 Å². The minimum Gasteiger partial charge on any atom is -0.450 e. The molecule has 8 nitrogen and oxygen atoms in total. The summed E-state index contributed by atoms with van der Waals surface area (Å²) in [5.41, 5.74) is -0.308. The molecule has 1 N–H and O–H groups in total. The highest BCUT2D eigenvalue weighted by molar-refractivity contribution is 6.01. The lowest BCUT2D eigenvalue weighted by Gasteiger charge is -2.45. The number of benzene rings is 1. The van der Waals surface area contributed by atoms with Crippen LogP contribution in [-0.4, -0.2) is 53.1 Å². The zero-order valence-corrected chi connectivity index (χ0v) is 23.6. The van der Waals surface area contributed by atoms with Crippen molar-refractivity contribution in [2.24, 2.45) is 23.7 Å². The van der Waals surface area contributed by atoms with Crippen molar-refractivity contribution in [3.05, 3.63) is 71.8 Å². The van der Waals surface area contributed by atoms with Crippen LogP contribution in [0.4, 0.5) is 0 Å². The van der Waals surface area contributed by atoms with Gasteiger partial charge in [-0.3, -0.25) is 14.4 Å². The van der Waals surface area contributed by atoms with E-state index in [4.69, 9.17) is 14.2 Å². The Morgan fingerprint density at radius 1 is 1.12 bits per heavy atom. The van der Waals surface area contributed by atoms with E-state index in [1.54, 1.807) is 6.92 Å². The fourth-order valence-corrected chi connectivity index (χ4v) is 7.03. The number of hydrogen-bond donors (Lipinski definition) is 1. The van der Waals surface area contributed by atoms with Crippen LogP contribution in [0.1, 0.15) is 46.6 Å². The molecule has 0 aromatic heterocycles. The van der Waals surface area contributed by atoms with Crippen molar-refractivity contribution in [1.29, 1.82) is 0 Å². The summed E-state index contributed by atoms with van der Waals surface area (Å²) >= 11 is 0. The Balaban J connectivity index is 1.57. The number of allylic oxidation sites excluding steroid dienone is 2. The van der Waals surface area contributed by atoms with Gasteiger partial charge in [-0.1, -0.05) is 62.4 Å². The maximum atomic E-state index is 14.0. The number of rotatable bonds is 3. The standard InChI is InChI=1S/C32H37NO7/c1-18-10-9-13-23-29-31(5,40-29)20(3)27-24(17-22-11-7-6-8-12-22)33-30(37)32(23,27)39-26(36)15-14-25(35)28(19(2)16-18)38-21(4)34/h6-9,11-16,18,20,23-24,27-29H,10,17H2,1-5H3,(H,33,37). The van der Waals surface area contributed by atoms with E-state index in [-0.39, 0.29) is 35.8 Å². The van der Waals surface area contributed by atoms with Crippen molar-refractivity contribution in [3.8, 4) is 0 Å². The molecule has 8 heteroatoms. The van der Waals surface area contributed by atoms with Crippen molar-refractivity contribution < 1.29 is 33.4 Å². The summed E-state index contributed by atoms with van der Waals surface area (Å²) in [5, 5.41) is 3.17. The summed E-state index contributed by atoms with van der Waals surface area (Å²) in [6, 6.07) is 9.63. The van der Waals surface area contributed by atoms with Crippen molar-refractivity contribution in [3.63, 3.8) is 0 Å². The first-order valence-electron chi connectivity index (χ1n) is 14.0. The van der Waals surface area contributed by atoms with Crippen LogP contribution in [0.25, 0.3) is 0 Å². The largest absolute Gasteiger partial charge is 0.450 e. The van der Waals surface area contributed by atoms with E-state index in [1.807, 2.05) is 55.5 Å². The second-order valence-corrected chi connectivity index (χ2v) is 11.8. The number of nitrogens with one attached hydrogen (secondary N) is 1. The van der Waals surface area contributed by atoms with E-state index in [1.165, 1.54) is 6.92 Å². The van der Waals surface area contributed by atoms with Gasteiger partial charge in [0.25, 0.3) is 5.91 Å². The third-order valence-electron chi connectivity index (χ3n) is 9.06. The van der Waals surface area contributed by atoms with Gasteiger partial charge in [0.05, 0.1) is 17.6 Å². The second-order valence-electron chi connectivity index (χ2n) is 11.8. The summed E-state index contributed by atoms with van der Waals surface area (Å²) in [6.07, 6.45) is 7.70. The normalized spacial score (nSPS) is 39.1. The van der Waals surface area contributed by atoms with Gasteiger partial charge in [0.15, 0.2) is 6.10 Å². The van der Waals surface area contributed by atoms with Crippen molar-refractivity contribution >= 4 is 23.6 Å². The van der Waals surface area contributed by atoms with Gasteiger partial charge in [-0.05, 0) is 55.7 Å². The number of fused-ring (bicyclic) bond motifs is 2. The predicted octanol–water partition coefficient (Wildman–Crippen LogP) is 3.65. The molecule has 1 spiro atoms. The summed E-state index contributed by atoms with van der Waals surface area (Å²) in [6.45, 7) is 9.09. The second kappa shape index (κ2) is 10.5. The first-order valence-corrected chi connectivity index (χ1v) is 14.0. The van der Waals surface area contributed by atoms with E-state index in [0.29, 0.717) is 18.4 Å². The third kappa shape index (κ3) is 4.83. The van der Waals surface area contributed by atoms with Crippen LogP contribution >= 0.6 is 0 Å². The summed E-state index contributed by atoms with van der Waals surface area (Å²) < 4.78 is 17.8. The molecule has 0 radical (unpaired) electrons. The van der Waals surface area contributed by atoms with E-state index >= 15 is 0 Å². The summed E-state index contributed by atoms with van der Waals surface area (Å²) in [7, 11) is 0. The maximum Gasteiger partial charge on any atom is 0.331 e. The van der Waals surface area contributed by atoms with Crippen molar-refractivity contribution in [1.82, 2.24) is 5.32 Å². The Bertz CT molecular complexity index is 1300. The van der Waals surface area contributed by atoms with E-state index in [0.717, 1.165) is 17.7 Å². The van der Waals surface area contributed by atoms with E-state index in [9.17, 15) is 19.2 Å². The Morgan fingerprint density at radius 2 is 1.85 bits per heavy atom. The van der Waals surface area contributed by atoms with Gasteiger partial charge in [0.1, 0.15) is 0 Å². The molecule has 0 bridgehead atoms. The number of ether oxygens (including phenoxy) is 3. The lowest BCUT2D eigenvalue weighted by Crippen LogP contribution is -2.61. The third-order valence-corrected chi connectivity index (χ3v) is 9.06. The van der Waals surface area contributed by atoms with E-state index < -0.39 is 40.9 Å². The minimum absolute atomic E-state index is 0.0144. The molecule has 1 saturated carbocycles. The minimum atomic E-state index is -1.51. The van der Waals surface area contributed by atoms with Crippen molar-refractivity contribution in [2.75, 3.05) is 0 Å². The topological polar surface area (TPSA) is 111 Å². The fraction of sp³-hybridized carbons (Fsp3) is 0.500. The molecule has 1 amide bonds. The Hall–Kier alpha value is -3.52. The maximum absolute atomic E-state index is 14.0. The molecule has 1 aromatic carbocycles. The van der Waals surface area contributed by atoms with Crippen LogP contribution in [0.15, 0.2) is 66.3 Å². The molecule has 3 aliphatic heterocycles. The van der Waals surface area contributed by atoms with Gasteiger partial charge in [-0.15, -0.1) is 0 Å². The number of ketones is 1. The molecule has 9 atom stereocenters. The van der Waals surface area contributed by atoms with Crippen LogP contribution in [0.2, 0.25) is 0 Å². The smallest absolute Gasteiger partial charge is 0.331 e. The highest BCUT2D eigenvalue weighted by Crippen LogP contribution is 2.63. The fourth-order valence-electron chi connectivity index (χ4n) is 7.03. The van der Waals surface area contributed by atoms with Gasteiger partial charge in [0.2, 0.25) is 11.4 Å². The summed E-state index contributed by atoms with van der Waals surface area (Å²) in [4.78, 5) is 52.1. The number of carbonyl (C=O) groups is 4. The molecule has 9 unspecified atom stereocenters. The highest BCUT2D eigenvalue weighted by Gasteiger charge is 2.78. The van der Waals surface area contributed by atoms with Gasteiger partial charge in [-0.25, -0.2) is 4.79 Å². The SMILES string of the molecule is CC(=O)OC1C(=O)C=CC(=O)OC23C(=O)NC(Cc4ccccc4)C2C(C)C2(C)OC2C3C=CCC(C)C=C1C. The molecule has 4 aliphatic rings. The zero-order valence-electron chi connectivity index (χ0n) is 23.6. The van der Waals surface area contributed by atoms with Crippen LogP contribution in [0.5, 0.6) is 0 Å². The zero-order chi connectivity index (χ0) is 28.8. The van der Waals surface area contributed by atoms with Crippen LogP contribution < -0.4 is 5.32 Å². The number of carbonyl (C=O) groups excluding carboxylic acids is 4. The van der Waals surface area contributed by atoms with Crippen molar-refractivity contribution in [2.45, 2.75) is 76.9 Å². The number of epoxide rings is 1.